The van der Waals surface area contributed by atoms with E-state index in [-0.39, 0.29) is 12.7 Å². The van der Waals surface area contributed by atoms with Gasteiger partial charge in [0.05, 0.1) is 24.7 Å². The summed E-state index contributed by atoms with van der Waals surface area (Å²) < 4.78 is 5.75. The van der Waals surface area contributed by atoms with E-state index in [2.05, 4.69) is 16.9 Å². The molecule has 1 fully saturated rings. The van der Waals surface area contributed by atoms with Crippen LogP contribution in [-0.4, -0.2) is 21.2 Å². The van der Waals surface area contributed by atoms with E-state index in [0.717, 1.165) is 18.8 Å². The predicted octanol–water partition coefficient (Wildman–Crippen LogP) is 1.93. The first-order chi connectivity index (χ1) is 7.78. The van der Waals surface area contributed by atoms with Gasteiger partial charge in [0.1, 0.15) is 6.10 Å². The van der Waals surface area contributed by atoms with Crippen molar-refractivity contribution in [2.75, 3.05) is 0 Å². The average Bonchev–Trinajstić information content (AvgIpc) is 2.33. The van der Waals surface area contributed by atoms with Gasteiger partial charge in [-0.05, 0) is 31.6 Å². The van der Waals surface area contributed by atoms with Gasteiger partial charge >= 0.3 is 0 Å². The monoisotopic (exact) mass is 222 g/mol. The number of rotatable bonds is 3. The zero-order valence-electron chi connectivity index (χ0n) is 9.59. The zero-order valence-corrected chi connectivity index (χ0v) is 9.59. The molecule has 88 valence electrons. The molecule has 1 aliphatic carbocycles. The lowest BCUT2D eigenvalue weighted by Gasteiger charge is -2.26. The van der Waals surface area contributed by atoms with Crippen molar-refractivity contribution in [3.63, 3.8) is 0 Å². The molecule has 1 heterocycles. The smallest absolute Gasteiger partial charge is 0.232 e. The Morgan fingerprint density at radius 2 is 2.00 bits per heavy atom. The molecule has 4 nitrogen and oxygen atoms in total. The van der Waals surface area contributed by atoms with Gasteiger partial charge in [0, 0.05) is 0 Å². The molecule has 1 saturated carbocycles. The minimum Gasteiger partial charge on any atom is -0.473 e. The standard InChI is InChI=1S/C12H18N2O2/c1-9-2-4-11(5-3-9)16-12-7-13-10(8-15)6-14-12/h6-7,9,11,15H,2-5,8H2,1H3. The average molecular weight is 222 g/mol. The molecule has 0 aliphatic heterocycles. The van der Waals surface area contributed by atoms with Crippen LogP contribution in [0.4, 0.5) is 0 Å². The Labute approximate surface area is 95.7 Å². The summed E-state index contributed by atoms with van der Waals surface area (Å²) in [5.41, 5.74) is 0.574. The number of aliphatic hydroxyl groups is 1. The second kappa shape index (κ2) is 5.25. The van der Waals surface area contributed by atoms with E-state index in [1.807, 2.05) is 0 Å². The second-order valence-corrected chi connectivity index (χ2v) is 4.50. The van der Waals surface area contributed by atoms with Crippen LogP contribution in [0.1, 0.15) is 38.3 Å². The maximum Gasteiger partial charge on any atom is 0.232 e. The molecule has 16 heavy (non-hydrogen) atoms. The molecule has 1 aromatic heterocycles. The van der Waals surface area contributed by atoms with E-state index in [1.165, 1.54) is 12.8 Å². The SMILES string of the molecule is CC1CCC(Oc2cnc(CO)cn2)CC1. The Kier molecular flexibility index (Phi) is 3.72. The third-order valence-corrected chi connectivity index (χ3v) is 3.09. The Morgan fingerprint density at radius 1 is 1.25 bits per heavy atom. The van der Waals surface area contributed by atoms with Crippen LogP contribution in [0.2, 0.25) is 0 Å². The molecule has 1 aliphatic rings. The van der Waals surface area contributed by atoms with Crippen LogP contribution in [0.3, 0.4) is 0 Å². The van der Waals surface area contributed by atoms with E-state index in [0.29, 0.717) is 11.6 Å². The second-order valence-electron chi connectivity index (χ2n) is 4.50. The molecular formula is C12H18N2O2. The fraction of sp³-hybridized carbons (Fsp3) is 0.667. The van der Waals surface area contributed by atoms with Gasteiger partial charge < -0.3 is 9.84 Å². The predicted molar refractivity (Wildman–Crippen MR) is 60.0 cm³/mol. The topological polar surface area (TPSA) is 55.2 Å². The summed E-state index contributed by atoms with van der Waals surface area (Å²) in [6, 6.07) is 0. The molecule has 2 rings (SSSR count). The first kappa shape index (κ1) is 11.3. The lowest BCUT2D eigenvalue weighted by molar-refractivity contribution is 0.129. The number of ether oxygens (including phenoxy) is 1. The zero-order chi connectivity index (χ0) is 11.4. The molecule has 0 amide bonds. The van der Waals surface area contributed by atoms with Gasteiger partial charge in [-0.2, -0.15) is 0 Å². The van der Waals surface area contributed by atoms with E-state index in [9.17, 15) is 0 Å². The molecule has 0 bridgehead atoms. The lowest BCUT2D eigenvalue weighted by atomic mass is 9.89. The normalized spacial score (nSPS) is 25.4. The summed E-state index contributed by atoms with van der Waals surface area (Å²) in [6.45, 7) is 2.21. The van der Waals surface area contributed by atoms with Crippen molar-refractivity contribution in [3.05, 3.63) is 18.1 Å². The van der Waals surface area contributed by atoms with Gasteiger partial charge in [-0.15, -0.1) is 0 Å². The van der Waals surface area contributed by atoms with E-state index >= 15 is 0 Å². The van der Waals surface area contributed by atoms with Crippen molar-refractivity contribution in [1.82, 2.24) is 9.97 Å². The van der Waals surface area contributed by atoms with E-state index < -0.39 is 0 Å². The molecule has 0 saturated heterocycles. The van der Waals surface area contributed by atoms with Gasteiger partial charge in [0.15, 0.2) is 0 Å². The maximum absolute atomic E-state index is 8.84. The summed E-state index contributed by atoms with van der Waals surface area (Å²) in [4.78, 5) is 8.16. The highest BCUT2D eigenvalue weighted by Gasteiger charge is 2.19. The van der Waals surface area contributed by atoms with E-state index in [1.54, 1.807) is 12.4 Å². The highest BCUT2D eigenvalue weighted by molar-refractivity contribution is 5.07. The first-order valence-electron chi connectivity index (χ1n) is 5.86. The number of aliphatic hydroxyl groups excluding tert-OH is 1. The Balaban J connectivity index is 1.88. The van der Waals surface area contributed by atoms with Gasteiger partial charge in [-0.25, -0.2) is 4.98 Å². The van der Waals surface area contributed by atoms with Crippen molar-refractivity contribution in [2.45, 2.75) is 45.3 Å². The fourth-order valence-corrected chi connectivity index (χ4v) is 2.00. The van der Waals surface area contributed by atoms with Crippen LogP contribution in [0.25, 0.3) is 0 Å². The summed E-state index contributed by atoms with van der Waals surface area (Å²) in [5, 5.41) is 8.84. The van der Waals surface area contributed by atoms with Crippen molar-refractivity contribution >= 4 is 0 Å². The van der Waals surface area contributed by atoms with Crippen LogP contribution in [0.15, 0.2) is 12.4 Å². The summed E-state index contributed by atoms with van der Waals surface area (Å²) in [5.74, 6) is 1.39. The third-order valence-electron chi connectivity index (χ3n) is 3.09. The minimum absolute atomic E-state index is 0.0752. The van der Waals surface area contributed by atoms with Gasteiger partial charge in [-0.1, -0.05) is 6.92 Å². The van der Waals surface area contributed by atoms with Crippen molar-refractivity contribution < 1.29 is 9.84 Å². The summed E-state index contributed by atoms with van der Waals surface area (Å²) >= 11 is 0. The molecule has 0 atom stereocenters. The molecule has 1 N–H and O–H groups in total. The highest BCUT2D eigenvalue weighted by atomic mass is 16.5. The summed E-state index contributed by atoms with van der Waals surface area (Å²) in [7, 11) is 0. The largest absolute Gasteiger partial charge is 0.473 e. The lowest BCUT2D eigenvalue weighted by Crippen LogP contribution is -2.23. The number of nitrogens with zero attached hydrogens (tertiary/aromatic N) is 2. The Hall–Kier alpha value is -1.16. The third kappa shape index (κ3) is 2.92. The van der Waals surface area contributed by atoms with Gasteiger partial charge in [-0.3, -0.25) is 4.98 Å². The summed E-state index contributed by atoms with van der Waals surface area (Å²) in [6.07, 6.45) is 8.09. The van der Waals surface area contributed by atoms with Crippen LogP contribution in [-0.2, 0) is 6.61 Å². The molecule has 1 aromatic rings. The first-order valence-corrected chi connectivity index (χ1v) is 5.86. The maximum atomic E-state index is 8.84. The van der Waals surface area contributed by atoms with Gasteiger partial charge in [0.25, 0.3) is 0 Å². The van der Waals surface area contributed by atoms with Crippen LogP contribution >= 0.6 is 0 Å². The Bertz CT molecular complexity index is 318. The van der Waals surface area contributed by atoms with Crippen LogP contribution < -0.4 is 4.74 Å². The number of hydrogen-bond acceptors (Lipinski definition) is 4. The quantitative estimate of drug-likeness (QED) is 0.849. The molecule has 0 aromatic carbocycles. The van der Waals surface area contributed by atoms with Crippen molar-refractivity contribution in [2.24, 2.45) is 5.92 Å². The van der Waals surface area contributed by atoms with Gasteiger partial charge in [0.2, 0.25) is 5.88 Å². The molecular weight excluding hydrogens is 204 g/mol. The van der Waals surface area contributed by atoms with E-state index in [4.69, 9.17) is 9.84 Å². The van der Waals surface area contributed by atoms with Crippen LogP contribution in [0.5, 0.6) is 5.88 Å². The molecule has 0 spiro atoms. The number of hydrogen-bond donors (Lipinski definition) is 1. The fourth-order valence-electron chi connectivity index (χ4n) is 2.00. The molecule has 0 radical (unpaired) electrons. The van der Waals surface area contributed by atoms with Crippen molar-refractivity contribution in [3.8, 4) is 5.88 Å². The van der Waals surface area contributed by atoms with Crippen molar-refractivity contribution in [1.29, 1.82) is 0 Å². The minimum atomic E-state index is -0.0752. The molecule has 0 unspecified atom stereocenters. The Morgan fingerprint density at radius 3 is 2.56 bits per heavy atom. The highest BCUT2D eigenvalue weighted by Crippen LogP contribution is 2.26. The molecule has 4 heteroatoms. The van der Waals surface area contributed by atoms with Crippen LogP contribution in [0, 0.1) is 5.92 Å². The number of aromatic nitrogens is 2.